The highest BCUT2D eigenvalue weighted by atomic mass is 127. The molecule has 4 nitrogen and oxygen atoms in total. The van der Waals surface area contributed by atoms with Crippen LogP contribution in [0.1, 0.15) is 24.2 Å². The fourth-order valence-corrected chi connectivity index (χ4v) is 2.77. The Balaban J connectivity index is 2.82. The van der Waals surface area contributed by atoms with Gasteiger partial charge < -0.3 is 10.6 Å². The molecule has 0 atom stereocenters. The SMILES string of the molecule is CC(C)CN(CC(N)=O)C(=O)c1csc(I)c1. The smallest absolute Gasteiger partial charge is 0.255 e. The van der Waals surface area contributed by atoms with E-state index in [1.165, 1.54) is 16.2 Å². The molecule has 0 saturated carbocycles. The molecule has 2 amide bonds. The van der Waals surface area contributed by atoms with Gasteiger partial charge >= 0.3 is 0 Å². The van der Waals surface area contributed by atoms with E-state index < -0.39 is 5.91 Å². The van der Waals surface area contributed by atoms with Gasteiger partial charge in [0.1, 0.15) is 0 Å². The van der Waals surface area contributed by atoms with E-state index >= 15 is 0 Å². The van der Waals surface area contributed by atoms with Crippen LogP contribution in [-0.2, 0) is 4.79 Å². The molecule has 1 aromatic rings. The Kier molecular flexibility index (Phi) is 5.38. The minimum atomic E-state index is -0.482. The van der Waals surface area contributed by atoms with Gasteiger partial charge in [0.05, 0.1) is 15.0 Å². The number of hydrogen-bond donors (Lipinski definition) is 1. The van der Waals surface area contributed by atoms with E-state index in [0.29, 0.717) is 18.0 Å². The highest BCUT2D eigenvalue weighted by Crippen LogP contribution is 2.18. The van der Waals surface area contributed by atoms with E-state index in [0.717, 1.165) is 2.88 Å². The first-order valence-corrected chi connectivity index (χ1v) is 7.17. The maximum Gasteiger partial charge on any atom is 0.255 e. The molecule has 0 aromatic carbocycles. The second-order valence-electron chi connectivity index (χ2n) is 4.19. The number of primary amides is 1. The number of halogens is 1. The van der Waals surface area contributed by atoms with E-state index in [4.69, 9.17) is 5.73 Å². The third-order valence-corrected chi connectivity index (χ3v) is 3.82. The zero-order chi connectivity index (χ0) is 13.0. The predicted molar refractivity (Wildman–Crippen MR) is 77.0 cm³/mol. The minimum Gasteiger partial charge on any atom is -0.368 e. The Bertz CT molecular complexity index is 417. The standard InChI is InChI=1S/C11H15IN2O2S/c1-7(2)4-14(5-10(13)15)11(16)8-3-9(12)17-6-8/h3,6-7H,4-5H2,1-2H3,(H2,13,15). The molecular weight excluding hydrogens is 351 g/mol. The third-order valence-electron chi connectivity index (χ3n) is 2.03. The Morgan fingerprint density at radius 1 is 1.53 bits per heavy atom. The maximum absolute atomic E-state index is 12.2. The third kappa shape index (κ3) is 4.63. The first-order chi connectivity index (χ1) is 7.90. The lowest BCUT2D eigenvalue weighted by Crippen LogP contribution is -2.40. The van der Waals surface area contributed by atoms with Gasteiger partial charge in [-0.2, -0.15) is 0 Å². The number of hydrogen-bond acceptors (Lipinski definition) is 3. The maximum atomic E-state index is 12.2. The van der Waals surface area contributed by atoms with Crippen molar-refractivity contribution in [3.8, 4) is 0 Å². The average Bonchev–Trinajstić information content (AvgIpc) is 2.61. The average molecular weight is 366 g/mol. The Labute approximate surface area is 118 Å². The second kappa shape index (κ2) is 6.34. The summed E-state index contributed by atoms with van der Waals surface area (Å²) in [4.78, 5) is 24.6. The van der Waals surface area contributed by atoms with Crippen molar-refractivity contribution in [3.63, 3.8) is 0 Å². The van der Waals surface area contributed by atoms with E-state index in [1.807, 2.05) is 19.9 Å². The molecule has 2 N–H and O–H groups in total. The molecule has 17 heavy (non-hydrogen) atoms. The molecular formula is C11H15IN2O2S. The zero-order valence-corrected chi connectivity index (χ0v) is 12.7. The van der Waals surface area contributed by atoms with Crippen LogP contribution in [0.4, 0.5) is 0 Å². The molecule has 0 unspecified atom stereocenters. The number of amides is 2. The van der Waals surface area contributed by atoms with Crippen LogP contribution >= 0.6 is 33.9 Å². The van der Waals surface area contributed by atoms with Gasteiger partial charge in [-0.25, -0.2) is 0 Å². The van der Waals surface area contributed by atoms with Crippen molar-refractivity contribution in [2.75, 3.05) is 13.1 Å². The number of nitrogens with two attached hydrogens (primary N) is 1. The molecule has 1 aromatic heterocycles. The van der Waals surface area contributed by atoms with Crippen molar-refractivity contribution >= 4 is 45.7 Å². The van der Waals surface area contributed by atoms with E-state index in [1.54, 1.807) is 5.38 Å². The second-order valence-corrected chi connectivity index (χ2v) is 6.99. The van der Waals surface area contributed by atoms with Crippen molar-refractivity contribution in [2.24, 2.45) is 11.7 Å². The first-order valence-electron chi connectivity index (χ1n) is 5.21. The van der Waals surface area contributed by atoms with Gasteiger partial charge in [-0.15, -0.1) is 11.3 Å². The molecule has 0 spiro atoms. The number of thiophene rings is 1. The summed E-state index contributed by atoms with van der Waals surface area (Å²) in [6.07, 6.45) is 0. The van der Waals surface area contributed by atoms with Crippen molar-refractivity contribution in [1.82, 2.24) is 4.90 Å². The highest BCUT2D eigenvalue weighted by molar-refractivity contribution is 14.1. The van der Waals surface area contributed by atoms with E-state index in [-0.39, 0.29) is 12.5 Å². The molecule has 0 saturated heterocycles. The van der Waals surface area contributed by atoms with Gasteiger partial charge in [-0.1, -0.05) is 13.8 Å². The van der Waals surface area contributed by atoms with Gasteiger partial charge in [0, 0.05) is 11.9 Å². The molecule has 0 aliphatic heterocycles. The van der Waals surface area contributed by atoms with Crippen LogP contribution in [0.5, 0.6) is 0 Å². The van der Waals surface area contributed by atoms with Crippen LogP contribution in [0.15, 0.2) is 11.4 Å². The van der Waals surface area contributed by atoms with Crippen LogP contribution in [-0.4, -0.2) is 29.8 Å². The summed E-state index contributed by atoms with van der Waals surface area (Å²) in [6.45, 7) is 4.51. The summed E-state index contributed by atoms with van der Waals surface area (Å²) in [7, 11) is 0. The monoisotopic (exact) mass is 366 g/mol. The fourth-order valence-electron chi connectivity index (χ4n) is 1.45. The highest BCUT2D eigenvalue weighted by Gasteiger charge is 2.19. The molecule has 0 fully saturated rings. The van der Waals surface area contributed by atoms with Crippen LogP contribution in [0.25, 0.3) is 0 Å². The fraction of sp³-hybridized carbons (Fsp3) is 0.455. The van der Waals surface area contributed by atoms with Gasteiger partial charge in [-0.3, -0.25) is 9.59 Å². The van der Waals surface area contributed by atoms with Gasteiger partial charge in [-0.05, 0) is 34.6 Å². The Morgan fingerprint density at radius 2 is 2.18 bits per heavy atom. The van der Waals surface area contributed by atoms with E-state index in [9.17, 15) is 9.59 Å². The molecule has 0 aliphatic rings. The molecule has 6 heteroatoms. The van der Waals surface area contributed by atoms with Gasteiger partial charge in [0.25, 0.3) is 5.91 Å². The molecule has 1 heterocycles. The molecule has 94 valence electrons. The van der Waals surface area contributed by atoms with Gasteiger partial charge in [0.2, 0.25) is 5.91 Å². The molecule has 1 rings (SSSR count). The summed E-state index contributed by atoms with van der Waals surface area (Å²) >= 11 is 3.68. The number of carbonyl (C=O) groups is 2. The van der Waals surface area contributed by atoms with Gasteiger partial charge in [0.15, 0.2) is 0 Å². The first kappa shape index (κ1) is 14.4. The summed E-state index contributed by atoms with van der Waals surface area (Å²) in [6, 6.07) is 1.82. The van der Waals surface area contributed by atoms with Crippen molar-refractivity contribution in [2.45, 2.75) is 13.8 Å². The zero-order valence-electron chi connectivity index (χ0n) is 9.77. The topological polar surface area (TPSA) is 63.4 Å². The van der Waals surface area contributed by atoms with E-state index in [2.05, 4.69) is 22.6 Å². The predicted octanol–water partition coefficient (Wildman–Crippen LogP) is 1.94. The normalized spacial score (nSPS) is 10.6. The number of nitrogens with zero attached hydrogens (tertiary/aromatic N) is 1. The van der Waals surface area contributed by atoms with Crippen LogP contribution in [0.3, 0.4) is 0 Å². The van der Waals surface area contributed by atoms with Crippen LogP contribution in [0.2, 0.25) is 0 Å². The Hall–Kier alpha value is -0.630. The van der Waals surface area contributed by atoms with Crippen LogP contribution < -0.4 is 5.73 Å². The van der Waals surface area contributed by atoms with Crippen molar-refractivity contribution < 1.29 is 9.59 Å². The largest absolute Gasteiger partial charge is 0.368 e. The lowest BCUT2D eigenvalue weighted by molar-refractivity contribution is -0.118. The molecule has 0 radical (unpaired) electrons. The summed E-state index contributed by atoms with van der Waals surface area (Å²) < 4.78 is 1.05. The summed E-state index contributed by atoms with van der Waals surface area (Å²) in [5.74, 6) is -0.309. The van der Waals surface area contributed by atoms with Crippen LogP contribution in [0, 0.1) is 8.80 Å². The number of carbonyl (C=O) groups excluding carboxylic acids is 2. The lowest BCUT2D eigenvalue weighted by atomic mass is 10.2. The quantitative estimate of drug-likeness (QED) is 0.810. The summed E-state index contributed by atoms with van der Waals surface area (Å²) in [5.41, 5.74) is 5.78. The van der Waals surface area contributed by atoms with Crippen molar-refractivity contribution in [3.05, 3.63) is 19.9 Å². The lowest BCUT2D eigenvalue weighted by Gasteiger charge is -2.22. The molecule has 0 aliphatic carbocycles. The summed E-state index contributed by atoms with van der Waals surface area (Å²) in [5, 5.41) is 1.80. The van der Waals surface area contributed by atoms with Crippen molar-refractivity contribution in [1.29, 1.82) is 0 Å². The number of rotatable bonds is 5. The molecule has 0 bridgehead atoms. The minimum absolute atomic E-state index is 0.0244. The Morgan fingerprint density at radius 3 is 2.59 bits per heavy atom.